The van der Waals surface area contributed by atoms with Gasteiger partial charge in [0.25, 0.3) is 5.56 Å². The van der Waals surface area contributed by atoms with Gasteiger partial charge in [0.2, 0.25) is 11.8 Å². The maximum absolute atomic E-state index is 12.9. The smallest absolute Gasteiger partial charge is 0.333 e. The van der Waals surface area contributed by atoms with E-state index in [1.165, 1.54) is 14.1 Å². The van der Waals surface area contributed by atoms with Crippen molar-refractivity contribution in [1.82, 2.24) is 9.13 Å². The van der Waals surface area contributed by atoms with Crippen LogP contribution in [0.3, 0.4) is 0 Å². The Kier molecular flexibility index (Phi) is 7.95. The van der Waals surface area contributed by atoms with Crippen LogP contribution in [0.4, 0.5) is 11.4 Å². The number of thioether (sulfide) groups is 1. The summed E-state index contributed by atoms with van der Waals surface area (Å²) in [7, 11) is 4.21. The van der Waals surface area contributed by atoms with Crippen molar-refractivity contribution in [2.75, 3.05) is 18.2 Å². The van der Waals surface area contributed by atoms with Crippen LogP contribution in [-0.4, -0.2) is 38.1 Å². The van der Waals surface area contributed by atoms with Crippen LogP contribution in [0.5, 0.6) is 11.6 Å². The van der Waals surface area contributed by atoms with Gasteiger partial charge in [0.1, 0.15) is 16.4 Å². The number of hydrogen-bond acceptors (Lipinski definition) is 7. The molecule has 0 spiro atoms. The van der Waals surface area contributed by atoms with E-state index < -0.39 is 17.1 Å². The summed E-state index contributed by atoms with van der Waals surface area (Å²) in [6, 6.07) is 14.3. The Balaban J connectivity index is 1.98. The van der Waals surface area contributed by atoms with E-state index in [1.54, 1.807) is 31.4 Å². The molecule has 0 atom stereocenters. The number of ether oxygens (including phenoxy) is 1. The molecule has 1 heterocycles. The molecule has 1 amide bonds. The lowest BCUT2D eigenvalue weighted by Crippen LogP contribution is -2.39. The molecule has 2 N–H and O–H groups in total. The molecule has 0 bridgehead atoms. The van der Waals surface area contributed by atoms with Crippen LogP contribution in [0, 0.1) is 0 Å². The van der Waals surface area contributed by atoms with Crippen molar-refractivity contribution in [2.24, 2.45) is 19.1 Å². The van der Waals surface area contributed by atoms with E-state index in [9.17, 15) is 19.5 Å². The van der Waals surface area contributed by atoms with E-state index in [0.717, 1.165) is 32.9 Å². The van der Waals surface area contributed by atoms with Crippen LogP contribution in [0.1, 0.15) is 18.1 Å². The second-order valence-electron chi connectivity index (χ2n) is 7.37. The summed E-state index contributed by atoms with van der Waals surface area (Å²) < 4.78 is 7.00. The maximum Gasteiger partial charge on any atom is 0.333 e. The number of rotatable bonds is 7. The van der Waals surface area contributed by atoms with Crippen molar-refractivity contribution in [2.45, 2.75) is 13.3 Å². The molecule has 10 heteroatoms. The molecule has 0 saturated heterocycles. The van der Waals surface area contributed by atoms with E-state index in [1.807, 2.05) is 31.2 Å². The van der Waals surface area contributed by atoms with Gasteiger partial charge in [-0.1, -0.05) is 36.9 Å². The monoisotopic (exact) mass is 482 g/mol. The van der Waals surface area contributed by atoms with E-state index in [0.29, 0.717) is 17.1 Å². The van der Waals surface area contributed by atoms with Gasteiger partial charge in [-0.05, 0) is 42.3 Å². The Morgan fingerprint density at radius 3 is 2.41 bits per heavy atom. The van der Waals surface area contributed by atoms with Gasteiger partial charge in [0.05, 0.1) is 18.6 Å². The van der Waals surface area contributed by atoms with Crippen LogP contribution in [0.15, 0.2) is 63.1 Å². The zero-order chi connectivity index (χ0) is 24.8. The highest BCUT2D eigenvalue weighted by molar-refractivity contribution is 8.15. The van der Waals surface area contributed by atoms with Crippen molar-refractivity contribution in [1.29, 1.82) is 0 Å². The largest absolute Gasteiger partial charge is 0.497 e. The topological polar surface area (TPSA) is 115 Å². The molecule has 1 aromatic heterocycles. The lowest BCUT2D eigenvalue weighted by Gasteiger charge is -2.13. The van der Waals surface area contributed by atoms with Gasteiger partial charge in [0.15, 0.2) is 0 Å². The first-order chi connectivity index (χ1) is 16.3. The number of aliphatic imine (C=N–C) groups is 1. The third kappa shape index (κ3) is 5.40. The molecule has 0 aliphatic heterocycles. The highest BCUT2D eigenvalue weighted by Gasteiger charge is 2.22. The number of carbonyl (C=O) groups excluding carboxylic acids is 1. The van der Waals surface area contributed by atoms with E-state index in [2.05, 4.69) is 10.3 Å². The number of methoxy groups -OCH3 is 1. The van der Waals surface area contributed by atoms with Gasteiger partial charge in [0, 0.05) is 19.8 Å². The molecule has 9 nitrogen and oxygen atoms in total. The first-order valence-corrected chi connectivity index (χ1v) is 11.5. The van der Waals surface area contributed by atoms with Crippen LogP contribution >= 0.6 is 11.8 Å². The van der Waals surface area contributed by atoms with Gasteiger partial charge in [-0.3, -0.25) is 18.7 Å². The third-order valence-electron chi connectivity index (χ3n) is 5.16. The summed E-state index contributed by atoms with van der Waals surface area (Å²) in [5.74, 6) is -0.264. The number of aryl methyl sites for hydroxylation is 1. The van der Waals surface area contributed by atoms with E-state index in [-0.39, 0.29) is 22.3 Å². The number of aromatic nitrogens is 2. The number of nitrogens with one attached hydrogen (secondary N) is 1. The fourth-order valence-electron chi connectivity index (χ4n) is 3.23. The van der Waals surface area contributed by atoms with Gasteiger partial charge >= 0.3 is 5.69 Å². The van der Waals surface area contributed by atoms with Crippen LogP contribution in [0.25, 0.3) is 0 Å². The molecule has 0 unspecified atom stereocenters. The Morgan fingerprint density at radius 1 is 1.09 bits per heavy atom. The predicted molar refractivity (Wildman–Crippen MR) is 135 cm³/mol. The normalized spacial score (nSPS) is 11.4. The number of para-hydroxylation sites is 1. The molecular formula is C24H26N4O5S. The number of benzene rings is 2. The second kappa shape index (κ2) is 10.9. The van der Waals surface area contributed by atoms with Gasteiger partial charge in [-0.2, -0.15) is 0 Å². The number of nitrogens with zero attached hydrogens (tertiary/aromatic N) is 3. The lowest BCUT2D eigenvalue weighted by molar-refractivity contribution is -0.113. The summed E-state index contributed by atoms with van der Waals surface area (Å²) in [6.07, 6.45) is 0.760. The molecule has 178 valence electrons. The third-order valence-corrected chi connectivity index (χ3v) is 6.14. The van der Waals surface area contributed by atoms with E-state index in [4.69, 9.17) is 4.74 Å². The number of aromatic hydroxyl groups is 1. The summed E-state index contributed by atoms with van der Waals surface area (Å²) in [5.41, 5.74) is 0.649. The SMILES string of the molecule is CCc1ccccc1NC(=O)CSC(=Nc1ccc(OC)cc1)c1c(O)n(C)c(=O)n(C)c1=O. The van der Waals surface area contributed by atoms with Crippen molar-refractivity contribution >= 4 is 34.1 Å². The lowest BCUT2D eigenvalue weighted by atomic mass is 10.1. The Hall–Kier alpha value is -3.79. The number of hydrogen-bond donors (Lipinski definition) is 2. The second-order valence-corrected chi connectivity index (χ2v) is 8.33. The summed E-state index contributed by atoms with van der Waals surface area (Å²) in [4.78, 5) is 42.3. The minimum Gasteiger partial charge on any atom is -0.497 e. The molecule has 34 heavy (non-hydrogen) atoms. The van der Waals surface area contributed by atoms with Crippen molar-refractivity contribution in [3.8, 4) is 11.6 Å². The minimum absolute atomic E-state index is 0.0710. The molecule has 2 aromatic carbocycles. The van der Waals surface area contributed by atoms with Crippen molar-refractivity contribution in [3.63, 3.8) is 0 Å². The van der Waals surface area contributed by atoms with Crippen LogP contribution < -0.4 is 21.3 Å². The zero-order valence-electron chi connectivity index (χ0n) is 19.4. The zero-order valence-corrected chi connectivity index (χ0v) is 20.2. The molecule has 3 rings (SSSR count). The highest BCUT2D eigenvalue weighted by Crippen LogP contribution is 2.25. The fourth-order valence-corrected chi connectivity index (χ4v) is 4.06. The van der Waals surface area contributed by atoms with Gasteiger partial charge in [-0.15, -0.1) is 0 Å². The standard InChI is InChI=1S/C24H26N4O5S/c1-5-15-8-6-7-9-18(15)26-19(29)14-34-21(25-16-10-12-17(33-4)13-11-16)20-22(30)27(2)24(32)28(3)23(20)31/h6-13,30H,5,14H2,1-4H3,(H,26,29). The Bertz CT molecular complexity index is 1340. The summed E-state index contributed by atoms with van der Waals surface area (Å²) in [5, 5.41) is 13.6. The molecule has 3 aromatic rings. The number of amides is 1. The molecule has 0 aliphatic rings. The maximum atomic E-state index is 12.9. The fraction of sp³-hybridized carbons (Fsp3) is 0.250. The quantitative estimate of drug-likeness (QED) is 0.395. The summed E-state index contributed by atoms with van der Waals surface area (Å²) in [6.45, 7) is 2.00. The van der Waals surface area contributed by atoms with Crippen LogP contribution in [-0.2, 0) is 25.3 Å². The Morgan fingerprint density at radius 2 is 1.76 bits per heavy atom. The average molecular weight is 483 g/mol. The highest BCUT2D eigenvalue weighted by atomic mass is 32.2. The molecule has 0 aliphatic carbocycles. The summed E-state index contributed by atoms with van der Waals surface area (Å²) >= 11 is 0.990. The molecular weight excluding hydrogens is 456 g/mol. The van der Waals surface area contributed by atoms with Crippen molar-refractivity contribution in [3.05, 3.63) is 80.5 Å². The van der Waals surface area contributed by atoms with Gasteiger partial charge in [-0.25, -0.2) is 9.79 Å². The average Bonchev–Trinajstić information content (AvgIpc) is 2.85. The van der Waals surface area contributed by atoms with Crippen LogP contribution in [0.2, 0.25) is 0 Å². The minimum atomic E-state index is -0.711. The molecule has 0 fully saturated rings. The van der Waals surface area contributed by atoms with Gasteiger partial charge < -0.3 is 15.2 Å². The number of carbonyl (C=O) groups is 1. The predicted octanol–water partition coefficient (Wildman–Crippen LogP) is 2.81. The molecule has 0 radical (unpaired) electrons. The van der Waals surface area contributed by atoms with Crippen molar-refractivity contribution < 1.29 is 14.6 Å². The van der Waals surface area contributed by atoms with E-state index >= 15 is 0 Å². The first kappa shape index (κ1) is 24.8. The number of anilines is 1. The first-order valence-electron chi connectivity index (χ1n) is 10.5. The molecule has 0 saturated carbocycles. The Labute approximate surface area is 200 Å².